The molecule has 0 heterocycles. The summed E-state index contributed by atoms with van der Waals surface area (Å²) >= 11 is 0. The summed E-state index contributed by atoms with van der Waals surface area (Å²) in [4.78, 5) is 11.3. The van der Waals surface area contributed by atoms with Crippen LogP contribution >= 0.6 is 0 Å². The maximum absolute atomic E-state index is 11.3. The highest BCUT2D eigenvalue weighted by Crippen LogP contribution is 1.96. The van der Waals surface area contributed by atoms with Gasteiger partial charge in [0, 0.05) is 25.2 Å². The molecule has 0 saturated heterocycles. The molecule has 0 aromatic carbocycles. The van der Waals surface area contributed by atoms with Gasteiger partial charge < -0.3 is 16.0 Å². The van der Waals surface area contributed by atoms with Gasteiger partial charge in [-0.15, -0.1) is 0 Å². The van der Waals surface area contributed by atoms with Crippen LogP contribution in [-0.2, 0) is 4.79 Å². The number of amides is 1. The Bertz CT molecular complexity index is 187. The first-order valence-corrected chi connectivity index (χ1v) is 5.63. The van der Waals surface area contributed by atoms with Gasteiger partial charge in [-0.1, -0.05) is 0 Å². The van der Waals surface area contributed by atoms with Gasteiger partial charge in [-0.05, 0) is 34.6 Å². The van der Waals surface area contributed by atoms with Gasteiger partial charge in [-0.2, -0.15) is 0 Å². The Labute approximate surface area is 93.2 Å². The van der Waals surface area contributed by atoms with Gasteiger partial charge in [0.1, 0.15) is 0 Å². The molecule has 0 bridgehead atoms. The second-order valence-corrected chi connectivity index (χ2v) is 4.75. The second-order valence-electron chi connectivity index (χ2n) is 4.75. The Balaban J connectivity index is 3.55. The fourth-order valence-electron chi connectivity index (χ4n) is 1.15. The van der Waals surface area contributed by atoms with Crippen LogP contribution in [0, 0.1) is 0 Å². The fourth-order valence-corrected chi connectivity index (χ4v) is 1.15. The van der Waals surface area contributed by atoms with Crippen LogP contribution in [0.5, 0.6) is 0 Å². The van der Waals surface area contributed by atoms with Crippen LogP contribution in [0.3, 0.4) is 0 Å². The Morgan fingerprint density at radius 3 is 2.33 bits per heavy atom. The lowest BCUT2D eigenvalue weighted by molar-refractivity contribution is -0.122. The number of hydrogen-bond donors (Lipinski definition) is 3. The van der Waals surface area contributed by atoms with E-state index in [1.165, 1.54) is 0 Å². The Morgan fingerprint density at radius 1 is 1.27 bits per heavy atom. The molecule has 4 nitrogen and oxygen atoms in total. The molecular formula is C11H25N3O. The molecule has 0 aliphatic carbocycles. The molecule has 1 atom stereocenters. The zero-order valence-corrected chi connectivity index (χ0v) is 10.6. The zero-order chi connectivity index (χ0) is 11.9. The monoisotopic (exact) mass is 215 g/mol. The molecule has 3 N–H and O–H groups in total. The van der Waals surface area contributed by atoms with Gasteiger partial charge in [0.25, 0.3) is 0 Å². The van der Waals surface area contributed by atoms with Crippen molar-refractivity contribution in [2.75, 3.05) is 19.6 Å². The predicted molar refractivity (Wildman–Crippen MR) is 63.9 cm³/mol. The maximum Gasteiger partial charge on any atom is 0.236 e. The molecule has 0 fully saturated rings. The van der Waals surface area contributed by atoms with E-state index >= 15 is 0 Å². The van der Waals surface area contributed by atoms with Crippen molar-refractivity contribution in [1.82, 2.24) is 16.0 Å². The van der Waals surface area contributed by atoms with Crippen LogP contribution < -0.4 is 16.0 Å². The van der Waals surface area contributed by atoms with Crippen molar-refractivity contribution in [3.05, 3.63) is 0 Å². The van der Waals surface area contributed by atoms with Crippen molar-refractivity contribution < 1.29 is 4.79 Å². The molecule has 0 radical (unpaired) electrons. The minimum atomic E-state index is -0.119. The van der Waals surface area contributed by atoms with Crippen LogP contribution in [0.15, 0.2) is 0 Å². The Kier molecular flexibility index (Phi) is 6.52. The maximum atomic E-state index is 11.3. The molecular weight excluding hydrogens is 190 g/mol. The van der Waals surface area contributed by atoms with Gasteiger partial charge in [0.05, 0.1) is 6.04 Å². The molecule has 0 saturated carbocycles. The smallest absolute Gasteiger partial charge is 0.236 e. The lowest BCUT2D eigenvalue weighted by Crippen LogP contribution is -2.46. The van der Waals surface area contributed by atoms with Crippen molar-refractivity contribution >= 4 is 5.91 Å². The number of likely N-dealkylation sites (N-methyl/N-ethyl adjacent to an activating group) is 1. The summed E-state index contributed by atoms with van der Waals surface area (Å²) in [6, 6.07) is -0.119. The predicted octanol–water partition coefficient (Wildman–Crippen LogP) is 0.489. The summed E-state index contributed by atoms with van der Waals surface area (Å²) in [5.41, 5.74) is 0.136. The van der Waals surface area contributed by atoms with Crippen LogP contribution in [0.2, 0.25) is 0 Å². The summed E-state index contributed by atoms with van der Waals surface area (Å²) in [5, 5.41) is 9.30. The third kappa shape index (κ3) is 8.39. The average molecular weight is 215 g/mol. The van der Waals surface area contributed by atoms with E-state index < -0.39 is 0 Å². The van der Waals surface area contributed by atoms with E-state index in [1.807, 2.05) is 13.8 Å². The van der Waals surface area contributed by atoms with E-state index in [0.29, 0.717) is 6.54 Å². The zero-order valence-electron chi connectivity index (χ0n) is 10.6. The van der Waals surface area contributed by atoms with Crippen LogP contribution in [-0.4, -0.2) is 37.1 Å². The number of carbonyl (C=O) groups is 1. The summed E-state index contributed by atoms with van der Waals surface area (Å²) in [6.45, 7) is 12.5. The molecule has 0 spiro atoms. The molecule has 1 unspecified atom stereocenters. The lowest BCUT2D eigenvalue weighted by Gasteiger charge is -2.21. The molecule has 0 aliphatic rings. The summed E-state index contributed by atoms with van der Waals surface area (Å²) in [7, 11) is 0. The minimum Gasteiger partial charge on any atom is -0.355 e. The summed E-state index contributed by atoms with van der Waals surface area (Å²) in [5.74, 6) is 0.0632. The minimum absolute atomic E-state index is 0.0632. The average Bonchev–Trinajstić information content (AvgIpc) is 2.11. The highest BCUT2D eigenvalue weighted by molar-refractivity contribution is 5.81. The van der Waals surface area contributed by atoms with E-state index in [4.69, 9.17) is 0 Å². The van der Waals surface area contributed by atoms with E-state index in [9.17, 15) is 4.79 Å². The lowest BCUT2D eigenvalue weighted by atomic mass is 10.1. The molecule has 0 aromatic heterocycles. The molecule has 90 valence electrons. The Hall–Kier alpha value is -0.610. The highest BCUT2D eigenvalue weighted by Gasteiger charge is 2.11. The largest absolute Gasteiger partial charge is 0.355 e. The van der Waals surface area contributed by atoms with E-state index in [1.54, 1.807) is 0 Å². The van der Waals surface area contributed by atoms with Crippen LogP contribution in [0.25, 0.3) is 0 Å². The van der Waals surface area contributed by atoms with E-state index in [-0.39, 0.29) is 17.5 Å². The van der Waals surface area contributed by atoms with Gasteiger partial charge in [-0.25, -0.2) is 0 Å². The number of rotatable bonds is 6. The van der Waals surface area contributed by atoms with Crippen molar-refractivity contribution in [1.29, 1.82) is 0 Å². The first kappa shape index (κ1) is 14.4. The van der Waals surface area contributed by atoms with E-state index in [0.717, 1.165) is 13.1 Å². The molecule has 1 amide bonds. The van der Waals surface area contributed by atoms with Crippen LogP contribution in [0.1, 0.15) is 34.6 Å². The normalized spacial score (nSPS) is 13.7. The van der Waals surface area contributed by atoms with Crippen molar-refractivity contribution in [2.45, 2.75) is 46.2 Å². The summed E-state index contributed by atoms with van der Waals surface area (Å²) < 4.78 is 0. The first-order valence-electron chi connectivity index (χ1n) is 5.63. The number of carbonyl (C=O) groups excluding carboxylic acids is 1. The molecule has 0 aromatic rings. The third-order valence-corrected chi connectivity index (χ3v) is 1.98. The van der Waals surface area contributed by atoms with Crippen molar-refractivity contribution in [2.24, 2.45) is 0 Å². The van der Waals surface area contributed by atoms with Gasteiger partial charge in [0.2, 0.25) is 5.91 Å². The van der Waals surface area contributed by atoms with Gasteiger partial charge >= 0.3 is 0 Å². The third-order valence-electron chi connectivity index (χ3n) is 1.98. The molecule has 0 rings (SSSR count). The number of hydrogen-bond acceptors (Lipinski definition) is 3. The number of nitrogens with one attached hydrogen (secondary N) is 3. The topological polar surface area (TPSA) is 53.2 Å². The van der Waals surface area contributed by atoms with Gasteiger partial charge in [-0.3, -0.25) is 4.79 Å². The molecule has 4 heteroatoms. The van der Waals surface area contributed by atoms with Crippen molar-refractivity contribution in [3.8, 4) is 0 Å². The molecule has 15 heavy (non-hydrogen) atoms. The highest BCUT2D eigenvalue weighted by atomic mass is 16.2. The van der Waals surface area contributed by atoms with Gasteiger partial charge in [0.15, 0.2) is 0 Å². The Morgan fingerprint density at radius 2 is 1.87 bits per heavy atom. The SMILES string of the molecule is CCNC(=O)C(C)NCCNC(C)(C)C. The first-order chi connectivity index (χ1) is 6.87. The van der Waals surface area contributed by atoms with E-state index in [2.05, 4.69) is 36.7 Å². The fraction of sp³-hybridized carbons (Fsp3) is 0.909. The van der Waals surface area contributed by atoms with Crippen molar-refractivity contribution in [3.63, 3.8) is 0 Å². The standard InChI is InChI=1S/C11H25N3O/c1-6-12-10(15)9(2)13-7-8-14-11(3,4)5/h9,13-14H,6-8H2,1-5H3,(H,12,15). The second kappa shape index (κ2) is 6.80. The quantitative estimate of drug-likeness (QED) is 0.565. The summed E-state index contributed by atoms with van der Waals surface area (Å²) in [6.07, 6.45) is 0. The molecule has 0 aliphatic heterocycles. The van der Waals surface area contributed by atoms with Crippen LogP contribution in [0.4, 0.5) is 0 Å².